The van der Waals surface area contributed by atoms with Crippen LogP contribution in [0.15, 0.2) is 0 Å². The largest absolute Gasteiger partial charge is 0.314 e. The van der Waals surface area contributed by atoms with Gasteiger partial charge in [0.15, 0.2) is 0 Å². The average molecular weight is 185 g/mol. The van der Waals surface area contributed by atoms with Crippen molar-refractivity contribution in [2.45, 2.75) is 26.3 Å². The minimum absolute atomic E-state index is 0.628. The first-order valence-corrected chi connectivity index (χ1v) is 5.45. The van der Waals surface area contributed by atoms with Gasteiger partial charge in [-0.3, -0.25) is 0 Å². The Hall–Kier alpha value is -0.120. The van der Waals surface area contributed by atoms with Crippen molar-refractivity contribution in [2.75, 3.05) is 39.3 Å². The molecule has 1 fully saturated rings. The van der Waals surface area contributed by atoms with Crippen molar-refractivity contribution in [3.05, 3.63) is 0 Å². The van der Waals surface area contributed by atoms with Crippen LogP contribution < -0.4 is 10.6 Å². The summed E-state index contributed by atoms with van der Waals surface area (Å²) >= 11 is 0. The topological polar surface area (TPSA) is 27.3 Å². The maximum atomic E-state index is 3.44. The molecule has 0 unspecified atom stereocenters. The van der Waals surface area contributed by atoms with Crippen molar-refractivity contribution >= 4 is 0 Å². The van der Waals surface area contributed by atoms with Crippen LogP contribution in [-0.4, -0.2) is 50.2 Å². The average Bonchev–Trinajstić information content (AvgIpc) is 2.14. The fraction of sp³-hybridized carbons (Fsp3) is 1.00. The van der Waals surface area contributed by atoms with E-state index in [2.05, 4.69) is 29.4 Å². The highest BCUT2D eigenvalue weighted by molar-refractivity contribution is 4.67. The van der Waals surface area contributed by atoms with Crippen LogP contribution in [0.5, 0.6) is 0 Å². The molecule has 1 aliphatic heterocycles. The predicted molar refractivity (Wildman–Crippen MR) is 57.1 cm³/mol. The minimum Gasteiger partial charge on any atom is -0.314 e. The smallest absolute Gasteiger partial charge is 0.0107 e. The molecule has 0 aromatic carbocycles. The van der Waals surface area contributed by atoms with Crippen molar-refractivity contribution in [3.63, 3.8) is 0 Å². The number of rotatable bonds is 5. The Labute approximate surface area is 81.9 Å². The molecular formula is C10H23N3. The predicted octanol–water partition coefficient (Wildman–Crippen LogP) is 0.280. The highest BCUT2D eigenvalue weighted by Crippen LogP contribution is 1.93. The van der Waals surface area contributed by atoms with E-state index >= 15 is 0 Å². The summed E-state index contributed by atoms with van der Waals surface area (Å²) in [6.07, 6.45) is 1.28. The fourth-order valence-corrected chi connectivity index (χ4v) is 1.63. The highest BCUT2D eigenvalue weighted by atomic mass is 15.2. The van der Waals surface area contributed by atoms with E-state index in [-0.39, 0.29) is 0 Å². The third kappa shape index (κ3) is 5.24. The van der Waals surface area contributed by atoms with Gasteiger partial charge in [-0.1, -0.05) is 13.8 Å². The Balaban J connectivity index is 1.92. The molecule has 0 amide bonds. The van der Waals surface area contributed by atoms with Gasteiger partial charge >= 0.3 is 0 Å². The van der Waals surface area contributed by atoms with Crippen LogP contribution in [0.2, 0.25) is 0 Å². The second-order valence-electron chi connectivity index (χ2n) is 4.05. The molecule has 78 valence electrons. The van der Waals surface area contributed by atoms with E-state index in [1.165, 1.54) is 26.1 Å². The van der Waals surface area contributed by atoms with Crippen LogP contribution in [0.3, 0.4) is 0 Å². The summed E-state index contributed by atoms with van der Waals surface area (Å²) in [6, 6.07) is 0.628. The Morgan fingerprint density at radius 3 is 2.62 bits per heavy atom. The highest BCUT2D eigenvalue weighted by Gasteiger charge is 2.07. The van der Waals surface area contributed by atoms with Gasteiger partial charge in [0, 0.05) is 32.2 Å². The molecule has 1 saturated heterocycles. The molecule has 0 bridgehead atoms. The lowest BCUT2D eigenvalue weighted by Crippen LogP contribution is -2.44. The van der Waals surface area contributed by atoms with E-state index in [1.807, 2.05) is 0 Å². The Morgan fingerprint density at radius 1 is 1.31 bits per heavy atom. The molecule has 0 aromatic rings. The van der Waals surface area contributed by atoms with Crippen LogP contribution in [0.1, 0.15) is 20.3 Å². The molecular weight excluding hydrogens is 162 g/mol. The molecule has 2 N–H and O–H groups in total. The first-order valence-electron chi connectivity index (χ1n) is 5.45. The molecule has 1 rings (SSSR count). The first kappa shape index (κ1) is 11.0. The number of hydrogen-bond donors (Lipinski definition) is 2. The van der Waals surface area contributed by atoms with E-state index in [9.17, 15) is 0 Å². The van der Waals surface area contributed by atoms with Gasteiger partial charge in [-0.15, -0.1) is 0 Å². The van der Waals surface area contributed by atoms with E-state index in [1.54, 1.807) is 0 Å². The minimum atomic E-state index is 0.628. The van der Waals surface area contributed by atoms with Crippen molar-refractivity contribution < 1.29 is 0 Å². The number of nitrogens with one attached hydrogen (secondary N) is 2. The molecule has 0 saturated carbocycles. The third-order valence-electron chi connectivity index (χ3n) is 2.41. The molecule has 0 spiro atoms. The van der Waals surface area contributed by atoms with E-state index in [0.29, 0.717) is 6.04 Å². The Kier molecular flexibility index (Phi) is 5.35. The summed E-state index contributed by atoms with van der Waals surface area (Å²) in [4.78, 5) is 2.54. The van der Waals surface area contributed by atoms with Crippen molar-refractivity contribution in [3.8, 4) is 0 Å². The summed E-state index contributed by atoms with van der Waals surface area (Å²) in [5.41, 5.74) is 0. The van der Waals surface area contributed by atoms with Gasteiger partial charge in [0.1, 0.15) is 0 Å². The number of nitrogens with zero attached hydrogens (tertiary/aromatic N) is 1. The molecule has 0 aliphatic carbocycles. The molecule has 0 atom stereocenters. The normalized spacial score (nSPS) is 19.6. The lowest BCUT2D eigenvalue weighted by molar-refractivity contribution is 0.237. The van der Waals surface area contributed by atoms with Gasteiger partial charge in [-0.2, -0.15) is 0 Å². The molecule has 3 heteroatoms. The molecule has 3 nitrogen and oxygen atoms in total. The third-order valence-corrected chi connectivity index (χ3v) is 2.41. The zero-order valence-corrected chi connectivity index (χ0v) is 8.97. The van der Waals surface area contributed by atoms with Gasteiger partial charge in [0.05, 0.1) is 0 Å². The first-order chi connectivity index (χ1) is 6.29. The second kappa shape index (κ2) is 6.35. The quantitative estimate of drug-likeness (QED) is 0.603. The van der Waals surface area contributed by atoms with Crippen LogP contribution in [-0.2, 0) is 0 Å². The SMILES string of the molecule is CC(C)NCCCN1CCNCC1. The number of piperazine rings is 1. The van der Waals surface area contributed by atoms with Gasteiger partial charge in [-0.25, -0.2) is 0 Å². The van der Waals surface area contributed by atoms with Gasteiger partial charge in [0.2, 0.25) is 0 Å². The molecule has 13 heavy (non-hydrogen) atoms. The Bertz CT molecular complexity index is 119. The summed E-state index contributed by atoms with van der Waals surface area (Å²) in [5.74, 6) is 0. The maximum Gasteiger partial charge on any atom is 0.0107 e. The summed E-state index contributed by atoms with van der Waals surface area (Å²) < 4.78 is 0. The molecule has 1 aliphatic rings. The molecule has 1 heterocycles. The van der Waals surface area contributed by atoms with Crippen molar-refractivity contribution in [1.82, 2.24) is 15.5 Å². The van der Waals surface area contributed by atoms with Gasteiger partial charge in [-0.05, 0) is 19.5 Å². The zero-order chi connectivity index (χ0) is 9.52. The van der Waals surface area contributed by atoms with Crippen molar-refractivity contribution in [1.29, 1.82) is 0 Å². The van der Waals surface area contributed by atoms with Crippen molar-refractivity contribution in [2.24, 2.45) is 0 Å². The lowest BCUT2D eigenvalue weighted by atomic mass is 10.3. The van der Waals surface area contributed by atoms with Gasteiger partial charge < -0.3 is 15.5 Å². The Morgan fingerprint density at radius 2 is 2.00 bits per heavy atom. The second-order valence-corrected chi connectivity index (χ2v) is 4.05. The van der Waals surface area contributed by atoms with E-state index in [4.69, 9.17) is 0 Å². The van der Waals surface area contributed by atoms with E-state index in [0.717, 1.165) is 19.6 Å². The maximum absolute atomic E-state index is 3.44. The summed E-state index contributed by atoms with van der Waals surface area (Å²) in [5, 5.41) is 6.81. The molecule has 0 aromatic heterocycles. The van der Waals surface area contributed by atoms with E-state index < -0.39 is 0 Å². The monoisotopic (exact) mass is 185 g/mol. The lowest BCUT2D eigenvalue weighted by Gasteiger charge is -2.27. The van der Waals surface area contributed by atoms with Crippen LogP contribution in [0.25, 0.3) is 0 Å². The van der Waals surface area contributed by atoms with Gasteiger partial charge in [0.25, 0.3) is 0 Å². The summed E-state index contributed by atoms with van der Waals surface area (Å²) in [7, 11) is 0. The van der Waals surface area contributed by atoms with Crippen LogP contribution >= 0.6 is 0 Å². The fourth-order valence-electron chi connectivity index (χ4n) is 1.63. The number of hydrogen-bond acceptors (Lipinski definition) is 3. The molecule has 0 radical (unpaired) electrons. The standard InChI is InChI=1S/C10H23N3/c1-10(2)12-4-3-7-13-8-5-11-6-9-13/h10-12H,3-9H2,1-2H3. The van der Waals surface area contributed by atoms with Crippen LogP contribution in [0, 0.1) is 0 Å². The zero-order valence-electron chi connectivity index (χ0n) is 8.97. The van der Waals surface area contributed by atoms with Crippen LogP contribution in [0.4, 0.5) is 0 Å². The summed E-state index contributed by atoms with van der Waals surface area (Å²) in [6.45, 7) is 11.6.